The van der Waals surface area contributed by atoms with Crippen LogP contribution in [0.2, 0.25) is 0 Å². The molecule has 0 saturated carbocycles. The first-order chi connectivity index (χ1) is 4.33. The van der Waals surface area contributed by atoms with Crippen molar-refractivity contribution in [1.29, 1.82) is 0 Å². The van der Waals surface area contributed by atoms with Gasteiger partial charge in [0.2, 0.25) is 0 Å². The van der Waals surface area contributed by atoms with E-state index in [0.717, 1.165) is 18.7 Å². The molecule has 1 aliphatic rings. The largest absolute Gasteiger partial charge is 0.411 e. The summed E-state index contributed by atoms with van der Waals surface area (Å²) in [5, 5.41) is 11.4. The molecule has 3 heteroatoms. The van der Waals surface area contributed by atoms with Gasteiger partial charge in [-0.05, 0) is 6.08 Å². The Hall–Kier alpha value is -0.990. The lowest BCUT2D eigenvalue weighted by atomic mass is 10.2. The monoisotopic (exact) mass is 126 g/mol. The molecule has 1 N–H and O–H groups in total. The zero-order valence-electron chi connectivity index (χ0n) is 5.41. The Bertz CT molecular complexity index is 151. The van der Waals surface area contributed by atoms with Gasteiger partial charge in [-0.2, -0.15) is 0 Å². The normalized spacial score (nSPS) is 23.2. The van der Waals surface area contributed by atoms with E-state index in [-0.39, 0.29) is 0 Å². The van der Waals surface area contributed by atoms with Gasteiger partial charge in [-0.25, -0.2) is 0 Å². The summed E-state index contributed by atoms with van der Waals surface area (Å²) < 4.78 is 0. The summed E-state index contributed by atoms with van der Waals surface area (Å²) in [6.07, 6.45) is 4.55. The van der Waals surface area contributed by atoms with Gasteiger partial charge in [0.05, 0.1) is 5.71 Å². The third-order valence-corrected chi connectivity index (χ3v) is 1.37. The van der Waals surface area contributed by atoms with Crippen LogP contribution in [0.5, 0.6) is 0 Å². The van der Waals surface area contributed by atoms with Gasteiger partial charge in [-0.3, -0.25) is 0 Å². The number of oxime groups is 1. The molecule has 0 aromatic carbocycles. The second-order valence-corrected chi connectivity index (χ2v) is 2.14. The van der Waals surface area contributed by atoms with E-state index in [1.165, 1.54) is 0 Å². The Morgan fingerprint density at radius 1 is 1.78 bits per heavy atom. The number of allylic oxidation sites excluding steroid dienone is 1. The van der Waals surface area contributed by atoms with Crippen LogP contribution in [0.3, 0.4) is 0 Å². The highest BCUT2D eigenvalue weighted by molar-refractivity contribution is 5.95. The van der Waals surface area contributed by atoms with E-state index in [9.17, 15) is 0 Å². The lowest BCUT2D eigenvalue weighted by Crippen LogP contribution is -2.19. The van der Waals surface area contributed by atoms with Crippen LogP contribution in [0, 0.1) is 0 Å². The molecule has 0 radical (unpaired) electrons. The van der Waals surface area contributed by atoms with Crippen molar-refractivity contribution >= 4 is 5.71 Å². The molecule has 0 aromatic heterocycles. The van der Waals surface area contributed by atoms with E-state index in [2.05, 4.69) is 10.1 Å². The van der Waals surface area contributed by atoms with Crippen LogP contribution in [0.15, 0.2) is 17.4 Å². The van der Waals surface area contributed by atoms with Gasteiger partial charge in [-0.15, -0.1) is 0 Å². The van der Waals surface area contributed by atoms with E-state index < -0.39 is 0 Å². The molecule has 9 heavy (non-hydrogen) atoms. The summed E-state index contributed by atoms with van der Waals surface area (Å²) in [5.74, 6) is 0. The fourth-order valence-electron chi connectivity index (χ4n) is 0.745. The molecule has 1 heterocycles. The van der Waals surface area contributed by atoms with Crippen molar-refractivity contribution in [2.75, 3.05) is 13.6 Å². The quantitative estimate of drug-likeness (QED) is 0.382. The maximum atomic E-state index is 8.30. The van der Waals surface area contributed by atoms with Gasteiger partial charge in [-0.1, -0.05) is 5.16 Å². The molecule has 0 saturated heterocycles. The molecular weight excluding hydrogens is 116 g/mol. The molecular formula is C6H10N2O. The topological polar surface area (TPSA) is 35.8 Å². The number of nitrogens with zero attached hydrogens (tertiary/aromatic N) is 2. The Morgan fingerprint density at radius 3 is 3.00 bits per heavy atom. The number of hydrogen-bond acceptors (Lipinski definition) is 3. The van der Waals surface area contributed by atoms with Gasteiger partial charge in [0, 0.05) is 26.2 Å². The van der Waals surface area contributed by atoms with Crippen LogP contribution in [-0.4, -0.2) is 29.4 Å². The Kier molecular flexibility index (Phi) is 1.72. The predicted molar refractivity (Wildman–Crippen MR) is 35.6 cm³/mol. The van der Waals surface area contributed by atoms with Crippen molar-refractivity contribution in [3.8, 4) is 0 Å². The zero-order valence-corrected chi connectivity index (χ0v) is 5.41. The minimum atomic E-state index is 0.758. The van der Waals surface area contributed by atoms with Gasteiger partial charge in [0.1, 0.15) is 0 Å². The van der Waals surface area contributed by atoms with Crippen LogP contribution < -0.4 is 0 Å². The molecule has 0 atom stereocenters. The molecule has 0 spiro atoms. The third kappa shape index (κ3) is 1.45. The van der Waals surface area contributed by atoms with E-state index in [0.29, 0.717) is 0 Å². The summed E-state index contributed by atoms with van der Waals surface area (Å²) in [7, 11) is 1.99. The average molecular weight is 126 g/mol. The summed E-state index contributed by atoms with van der Waals surface area (Å²) in [4.78, 5) is 2.05. The Labute approximate surface area is 54.3 Å². The minimum absolute atomic E-state index is 0.758. The van der Waals surface area contributed by atoms with Crippen LogP contribution >= 0.6 is 0 Å². The minimum Gasteiger partial charge on any atom is -0.411 e. The van der Waals surface area contributed by atoms with Gasteiger partial charge in [0.25, 0.3) is 0 Å². The number of rotatable bonds is 0. The van der Waals surface area contributed by atoms with E-state index in [1.54, 1.807) is 0 Å². The fourth-order valence-corrected chi connectivity index (χ4v) is 0.745. The highest BCUT2D eigenvalue weighted by Crippen LogP contribution is 1.99. The van der Waals surface area contributed by atoms with Gasteiger partial charge < -0.3 is 10.1 Å². The van der Waals surface area contributed by atoms with Gasteiger partial charge in [0.15, 0.2) is 0 Å². The first kappa shape index (κ1) is 6.13. The second-order valence-electron chi connectivity index (χ2n) is 2.14. The number of hydrogen-bond donors (Lipinski definition) is 1. The highest BCUT2D eigenvalue weighted by atomic mass is 16.4. The smallest absolute Gasteiger partial charge is 0.0827 e. The first-order valence-electron chi connectivity index (χ1n) is 2.92. The summed E-state index contributed by atoms with van der Waals surface area (Å²) >= 11 is 0. The average Bonchev–Trinajstić information content (AvgIpc) is 1.90. The van der Waals surface area contributed by atoms with Crippen molar-refractivity contribution in [3.05, 3.63) is 12.3 Å². The maximum Gasteiger partial charge on any atom is 0.0827 e. The molecule has 0 aromatic rings. The molecule has 50 valence electrons. The lowest BCUT2D eigenvalue weighted by molar-refractivity contribution is 0.316. The third-order valence-electron chi connectivity index (χ3n) is 1.37. The van der Waals surface area contributed by atoms with Crippen LogP contribution in [-0.2, 0) is 0 Å². The molecule has 3 nitrogen and oxygen atoms in total. The van der Waals surface area contributed by atoms with E-state index >= 15 is 0 Å². The molecule has 1 aliphatic heterocycles. The fraction of sp³-hybridized carbons (Fsp3) is 0.500. The molecule has 0 bridgehead atoms. The molecule has 0 fully saturated rings. The van der Waals surface area contributed by atoms with E-state index in [1.807, 2.05) is 19.3 Å². The summed E-state index contributed by atoms with van der Waals surface area (Å²) in [5.41, 5.74) is 0.758. The lowest BCUT2D eigenvalue weighted by Gasteiger charge is -2.17. The highest BCUT2D eigenvalue weighted by Gasteiger charge is 2.02. The standard InChI is InChI=1S/C6H10N2O/c1-8-4-2-6(7-9)3-5-8/h2,4,9H,3,5H2,1H3/b7-6-. The Morgan fingerprint density at radius 2 is 2.56 bits per heavy atom. The summed E-state index contributed by atoms with van der Waals surface area (Å²) in [6, 6.07) is 0. The molecule has 1 rings (SSSR count). The van der Waals surface area contributed by atoms with Crippen molar-refractivity contribution in [2.24, 2.45) is 5.16 Å². The van der Waals surface area contributed by atoms with Crippen molar-refractivity contribution in [3.63, 3.8) is 0 Å². The zero-order chi connectivity index (χ0) is 6.69. The van der Waals surface area contributed by atoms with Crippen LogP contribution in [0.25, 0.3) is 0 Å². The molecule has 0 unspecified atom stereocenters. The predicted octanol–water partition coefficient (Wildman–Crippen LogP) is 0.666. The van der Waals surface area contributed by atoms with Crippen LogP contribution in [0.1, 0.15) is 6.42 Å². The van der Waals surface area contributed by atoms with Gasteiger partial charge >= 0.3 is 0 Å². The first-order valence-corrected chi connectivity index (χ1v) is 2.92. The SMILES string of the molecule is CN1C=C/C(=N/O)CC1. The van der Waals surface area contributed by atoms with Crippen molar-refractivity contribution in [2.45, 2.75) is 6.42 Å². The molecule has 0 amide bonds. The van der Waals surface area contributed by atoms with Crippen LogP contribution in [0.4, 0.5) is 0 Å². The maximum absolute atomic E-state index is 8.30. The van der Waals surface area contributed by atoms with Crippen molar-refractivity contribution in [1.82, 2.24) is 4.90 Å². The summed E-state index contributed by atoms with van der Waals surface area (Å²) in [6.45, 7) is 0.940. The Balaban J connectivity index is 2.58. The van der Waals surface area contributed by atoms with E-state index in [4.69, 9.17) is 5.21 Å². The molecule has 0 aliphatic carbocycles. The van der Waals surface area contributed by atoms with Crippen molar-refractivity contribution < 1.29 is 5.21 Å². The second kappa shape index (κ2) is 2.53.